The van der Waals surface area contributed by atoms with Crippen molar-refractivity contribution >= 4 is 16.9 Å². The van der Waals surface area contributed by atoms with Crippen LogP contribution in [-0.2, 0) is 17.8 Å². The first kappa shape index (κ1) is 14.2. The van der Waals surface area contributed by atoms with E-state index in [-0.39, 0.29) is 6.42 Å². The van der Waals surface area contributed by atoms with Crippen LogP contribution in [0, 0.1) is 0 Å². The van der Waals surface area contributed by atoms with Crippen molar-refractivity contribution in [3.8, 4) is 5.75 Å². The van der Waals surface area contributed by atoms with Gasteiger partial charge in [-0.3, -0.25) is 4.79 Å². The van der Waals surface area contributed by atoms with Crippen molar-refractivity contribution in [3.63, 3.8) is 0 Å². The average Bonchev–Trinajstić information content (AvgIpc) is 2.94. The second kappa shape index (κ2) is 6.35. The zero-order chi connectivity index (χ0) is 15.4. The van der Waals surface area contributed by atoms with Crippen LogP contribution in [0.1, 0.15) is 17.5 Å². The first-order chi connectivity index (χ1) is 10.7. The number of benzene rings is 2. The van der Waals surface area contributed by atoms with E-state index in [0.717, 1.165) is 27.8 Å². The molecule has 0 spiro atoms. The minimum atomic E-state index is -0.780. The summed E-state index contributed by atoms with van der Waals surface area (Å²) in [4.78, 5) is 13.9. The van der Waals surface area contributed by atoms with Crippen LogP contribution >= 0.6 is 0 Å². The van der Waals surface area contributed by atoms with Gasteiger partial charge in [0.25, 0.3) is 0 Å². The van der Waals surface area contributed by atoms with Crippen molar-refractivity contribution in [2.24, 2.45) is 0 Å². The number of carboxylic acid groups (broad SMARTS) is 1. The fourth-order valence-corrected chi connectivity index (χ4v) is 2.44. The van der Waals surface area contributed by atoms with E-state index >= 15 is 0 Å². The summed E-state index contributed by atoms with van der Waals surface area (Å²) in [5.41, 5.74) is 3.11. The zero-order valence-electron chi connectivity index (χ0n) is 12.1. The molecule has 0 aliphatic rings. The predicted molar refractivity (Wildman–Crippen MR) is 85.0 cm³/mol. The zero-order valence-corrected chi connectivity index (χ0v) is 12.1. The highest BCUT2D eigenvalue weighted by Crippen LogP contribution is 2.24. The molecule has 3 rings (SSSR count). The third-order valence-electron chi connectivity index (χ3n) is 3.60. The summed E-state index contributed by atoms with van der Waals surface area (Å²) < 4.78 is 5.79. The van der Waals surface area contributed by atoms with E-state index in [1.54, 1.807) is 0 Å². The van der Waals surface area contributed by atoms with Gasteiger partial charge in [-0.25, -0.2) is 0 Å². The van der Waals surface area contributed by atoms with E-state index in [9.17, 15) is 4.79 Å². The van der Waals surface area contributed by atoms with Crippen LogP contribution in [0.15, 0.2) is 54.7 Å². The van der Waals surface area contributed by atoms with Gasteiger partial charge in [0, 0.05) is 29.6 Å². The fourth-order valence-electron chi connectivity index (χ4n) is 2.44. The Hall–Kier alpha value is -2.75. The maximum atomic E-state index is 10.7. The Morgan fingerprint density at radius 2 is 1.95 bits per heavy atom. The number of aromatic nitrogens is 1. The highest BCUT2D eigenvalue weighted by atomic mass is 16.5. The third kappa shape index (κ3) is 3.28. The normalized spacial score (nSPS) is 10.7. The molecular formula is C18H17NO3. The molecular weight excluding hydrogens is 278 g/mol. The largest absolute Gasteiger partial charge is 0.489 e. The fraction of sp³-hybridized carbons (Fsp3) is 0.167. The van der Waals surface area contributed by atoms with Crippen LogP contribution in [0.2, 0.25) is 0 Å². The highest BCUT2D eigenvalue weighted by Gasteiger charge is 2.07. The lowest BCUT2D eigenvalue weighted by Gasteiger charge is -2.06. The van der Waals surface area contributed by atoms with Crippen molar-refractivity contribution in [2.75, 3.05) is 0 Å². The number of hydrogen-bond acceptors (Lipinski definition) is 2. The Bertz CT molecular complexity index is 777. The average molecular weight is 295 g/mol. The van der Waals surface area contributed by atoms with Crippen molar-refractivity contribution in [1.82, 2.24) is 4.98 Å². The standard InChI is InChI=1S/C18H17NO3/c20-18(21)9-6-14-11-19-17-10-15(7-8-16(14)17)22-12-13-4-2-1-3-5-13/h1-5,7-8,10-11,19H,6,9,12H2,(H,20,21). The summed E-state index contributed by atoms with van der Waals surface area (Å²) in [5.74, 6) is 0.0140. The lowest BCUT2D eigenvalue weighted by Crippen LogP contribution is -1.97. The molecule has 0 aliphatic heterocycles. The van der Waals surface area contributed by atoms with Gasteiger partial charge in [0.1, 0.15) is 12.4 Å². The molecule has 0 bridgehead atoms. The van der Waals surface area contributed by atoms with Crippen molar-refractivity contribution < 1.29 is 14.6 Å². The summed E-state index contributed by atoms with van der Waals surface area (Å²) >= 11 is 0. The Morgan fingerprint density at radius 3 is 2.73 bits per heavy atom. The molecule has 1 aromatic heterocycles. The number of aryl methyl sites for hydroxylation is 1. The molecule has 0 fully saturated rings. The Balaban J connectivity index is 1.72. The Labute approximate surface area is 128 Å². The summed E-state index contributed by atoms with van der Waals surface area (Å²) in [5, 5.41) is 9.83. The molecule has 0 unspecified atom stereocenters. The number of rotatable bonds is 6. The summed E-state index contributed by atoms with van der Waals surface area (Å²) in [6.45, 7) is 0.527. The van der Waals surface area contributed by atoms with Crippen molar-refractivity contribution in [2.45, 2.75) is 19.4 Å². The molecule has 3 aromatic rings. The van der Waals surface area contributed by atoms with E-state index in [2.05, 4.69) is 4.98 Å². The SMILES string of the molecule is O=C(O)CCc1c[nH]c2cc(OCc3ccccc3)ccc12. The highest BCUT2D eigenvalue weighted by molar-refractivity contribution is 5.85. The van der Waals surface area contributed by atoms with Gasteiger partial charge in [-0.05, 0) is 29.7 Å². The number of nitrogens with one attached hydrogen (secondary N) is 1. The van der Waals surface area contributed by atoms with Crippen LogP contribution in [0.5, 0.6) is 5.75 Å². The van der Waals surface area contributed by atoms with E-state index < -0.39 is 5.97 Å². The molecule has 0 saturated carbocycles. The van der Waals surface area contributed by atoms with E-state index in [1.807, 2.05) is 54.7 Å². The molecule has 4 nitrogen and oxygen atoms in total. The molecule has 2 N–H and O–H groups in total. The predicted octanol–water partition coefficient (Wildman–Crippen LogP) is 3.76. The molecule has 0 aliphatic carbocycles. The number of ether oxygens (including phenoxy) is 1. The molecule has 0 saturated heterocycles. The first-order valence-electron chi connectivity index (χ1n) is 7.21. The van der Waals surface area contributed by atoms with Crippen molar-refractivity contribution in [3.05, 3.63) is 65.9 Å². The molecule has 0 radical (unpaired) electrons. The maximum Gasteiger partial charge on any atom is 0.303 e. The second-order valence-electron chi connectivity index (χ2n) is 5.19. The first-order valence-corrected chi connectivity index (χ1v) is 7.21. The lowest BCUT2D eigenvalue weighted by atomic mass is 10.1. The van der Waals surface area contributed by atoms with Crippen LogP contribution in [0.25, 0.3) is 10.9 Å². The molecule has 1 heterocycles. The summed E-state index contributed by atoms with van der Waals surface area (Å²) in [6, 6.07) is 15.8. The van der Waals surface area contributed by atoms with Crippen LogP contribution in [0.4, 0.5) is 0 Å². The number of carboxylic acids is 1. The molecule has 22 heavy (non-hydrogen) atoms. The minimum Gasteiger partial charge on any atom is -0.489 e. The van der Waals surface area contributed by atoms with E-state index in [4.69, 9.17) is 9.84 Å². The van der Waals surface area contributed by atoms with E-state index in [0.29, 0.717) is 13.0 Å². The van der Waals surface area contributed by atoms with Gasteiger partial charge >= 0.3 is 5.97 Å². The third-order valence-corrected chi connectivity index (χ3v) is 3.60. The lowest BCUT2D eigenvalue weighted by molar-refractivity contribution is -0.136. The molecule has 0 atom stereocenters. The maximum absolute atomic E-state index is 10.7. The molecule has 2 aromatic carbocycles. The van der Waals surface area contributed by atoms with Gasteiger partial charge in [0.05, 0.1) is 0 Å². The molecule has 4 heteroatoms. The molecule has 112 valence electrons. The van der Waals surface area contributed by atoms with Gasteiger partial charge in [-0.2, -0.15) is 0 Å². The summed E-state index contributed by atoms with van der Waals surface area (Å²) in [6.07, 6.45) is 2.54. The van der Waals surface area contributed by atoms with Crippen LogP contribution in [-0.4, -0.2) is 16.1 Å². The minimum absolute atomic E-state index is 0.138. The van der Waals surface area contributed by atoms with Crippen LogP contribution < -0.4 is 4.74 Å². The summed E-state index contributed by atoms with van der Waals surface area (Å²) in [7, 11) is 0. The number of H-pyrrole nitrogens is 1. The number of fused-ring (bicyclic) bond motifs is 1. The monoisotopic (exact) mass is 295 g/mol. The number of aliphatic carboxylic acids is 1. The Kier molecular flexibility index (Phi) is 4.10. The van der Waals surface area contributed by atoms with Crippen molar-refractivity contribution in [1.29, 1.82) is 0 Å². The number of aromatic amines is 1. The number of hydrogen-bond donors (Lipinski definition) is 2. The Morgan fingerprint density at radius 1 is 1.14 bits per heavy atom. The smallest absolute Gasteiger partial charge is 0.303 e. The quantitative estimate of drug-likeness (QED) is 0.727. The van der Waals surface area contributed by atoms with Gasteiger partial charge in [0.15, 0.2) is 0 Å². The van der Waals surface area contributed by atoms with Crippen LogP contribution in [0.3, 0.4) is 0 Å². The topological polar surface area (TPSA) is 62.3 Å². The van der Waals surface area contributed by atoms with Gasteiger partial charge in [0.2, 0.25) is 0 Å². The molecule has 0 amide bonds. The van der Waals surface area contributed by atoms with Gasteiger partial charge in [-0.1, -0.05) is 30.3 Å². The number of carbonyl (C=O) groups is 1. The second-order valence-corrected chi connectivity index (χ2v) is 5.19. The van der Waals surface area contributed by atoms with Gasteiger partial charge in [-0.15, -0.1) is 0 Å². The van der Waals surface area contributed by atoms with E-state index in [1.165, 1.54) is 0 Å². The van der Waals surface area contributed by atoms with Gasteiger partial charge < -0.3 is 14.8 Å².